The monoisotopic (exact) mass is 271 g/mol. The van der Waals surface area contributed by atoms with Crippen LogP contribution >= 0.6 is 0 Å². The molecule has 7 nitrogen and oxygen atoms in total. The summed E-state index contributed by atoms with van der Waals surface area (Å²) in [6.45, 7) is 1.56. The van der Waals surface area contributed by atoms with E-state index in [-0.39, 0.29) is 12.3 Å². The summed E-state index contributed by atoms with van der Waals surface area (Å²) in [6.07, 6.45) is 0.924. The molecule has 9 heteroatoms. The molecule has 0 amide bonds. The minimum Gasteiger partial charge on any atom is -0.388 e. The predicted octanol–water partition coefficient (Wildman–Crippen LogP) is -1.04. The molecule has 0 spiro atoms. The number of rotatable bonds is 6. The first-order valence-electron chi connectivity index (χ1n) is 4.42. The molecule has 1 unspecified atom stereocenters. The Balaban J connectivity index is 4.84. The van der Waals surface area contributed by atoms with E-state index in [1.807, 2.05) is 0 Å². The van der Waals surface area contributed by atoms with Crippen molar-refractivity contribution < 1.29 is 16.8 Å². The topological polar surface area (TPSA) is 121 Å². The second-order valence-electron chi connectivity index (χ2n) is 3.75. The maximum Gasteiger partial charge on any atom is 0.228 e. The van der Waals surface area contributed by atoms with Crippen molar-refractivity contribution in [3.05, 3.63) is 0 Å². The van der Waals surface area contributed by atoms with Gasteiger partial charge in [0.1, 0.15) is 0 Å². The molecule has 0 rings (SSSR count). The number of hydrogen-bond acceptors (Lipinski definition) is 5. The first-order valence-corrected chi connectivity index (χ1v) is 8.09. The Morgan fingerprint density at radius 1 is 1.38 bits per heavy atom. The van der Waals surface area contributed by atoms with Crippen LogP contribution in [-0.2, 0) is 19.9 Å². The average Bonchev–Trinajstić information content (AvgIpc) is 1.96. The molecule has 0 fully saturated rings. The quantitative estimate of drug-likeness (QED) is 0.472. The van der Waals surface area contributed by atoms with Crippen molar-refractivity contribution in [1.29, 1.82) is 5.41 Å². The zero-order chi connectivity index (χ0) is 13.1. The van der Waals surface area contributed by atoms with E-state index in [4.69, 9.17) is 11.1 Å². The highest BCUT2D eigenvalue weighted by atomic mass is 32.3. The highest BCUT2D eigenvalue weighted by Crippen LogP contribution is 2.09. The second-order valence-corrected chi connectivity index (χ2v) is 8.28. The zero-order valence-electron chi connectivity index (χ0n) is 9.47. The summed E-state index contributed by atoms with van der Waals surface area (Å²) >= 11 is 0. The third kappa shape index (κ3) is 5.42. The van der Waals surface area contributed by atoms with Gasteiger partial charge < -0.3 is 5.73 Å². The largest absolute Gasteiger partial charge is 0.388 e. The molecule has 0 aliphatic rings. The van der Waals surface area contributed by atoms with E-state index >= 15 is 0 Å². The van der Waals surface area contributed by atoms with Gasteiger partial charge in [-0.15, -0.1) is 0 Å². The van der Waals surface area contributed by atoms with Gasteiger partial charge in [0.15, 0.2) is 14.9 Å². The van der Waals surface area contributed by atoms with Crippen LogP contribution in [0.1, 0.15) is 13.3 Å². The fraction of sp³-hybridized carbons (Fsp3) is 0.857. The lowest BCUT2D eigenvalue weighted by Crippen LogP contribution is -2.40. The average molecular weight is 271 g/mol. The van der Waals surface area contributed by atoms with Gasteiger partial charge in [0.25, 0.3) is 0 Å². The van der Waals surface area contributed by atoms with Gasteiger partial charge in [-0.25, -0.2) is 21.1 Å². The molecular formula is C7H17N3O4S2. The Hall–Kier alpha value is -0.670. The van der Waals surface area contributed by atoms with E-state index in [1.54, 1.807) is 6.92 Å². The number of nitrogens with one attached hydrogen (secondary N) is 1. The fourth-order valence-corrected chi connectivity index (χ4v) is 4.53. The number of nitrogens with two attached hydrogens (primary N) is 1. The molecule has 0 heterocycles. The molecule has 0 aromatic carbocycles. The van der Waals surface area contributed by atoms with Crippen molar-refractivity contribution in [2.75, 3.05) is 18.4 Å². The van der Waals surface area contributed by atoms with Crippen molar-refractivity contribution in [2.45, 2.75) is 19.4 Å². The summed E-state index contributed by atoms with van der Waals surface area (Å²) in [7, 11) is -6.20. The van der Waals surface area contributed by atoms with Crippen LogP contribution in [0.4, 0.5) is 0 Å². The predicted molar refractivity (Wildman–Crippen MR) is 62.4 cm³/mol. The second kappa shape index (κ2) is 5.11. The molecule has 96 valence electrons. The van der Waals surface area contributed by atoms with Crippen molar-refractivity contribution in [2.24, 2.45) is 5.73 Å². The molecular weight excluding hydrogens is 254 g/mol. The minimum absolute atomic E-state index is 0.0689. The van der Waals surface area contributed by atoms with Crippen molar-refractivity contribution >= 4 is 25.7 Å². The van der Waals surface area contributed by atoms with Crippen LogP contribution in [-0.4, -0.2) is 51.4 Å². The third-order valence-corrected chi connectivity index (χ3v) is 6.08. The summed E-state index contributed by atoms with van der Waals surface area (Å²) in [6, 6.07) is -0.538. The number of nitrogens with zero attached hydrogens (tertiary/aromatic N) is 1. The van der Waals surface area contributed by atoms with Gasteiger partial charge >= 0.3 is 0 Å². The Morgan fingerprint density at radius 3 is 2.12 bits per heavy atom. The van der Waals surface area contributed by atoms with E-state index in [0.29, 0.717) is 0 Å². The van der Waals surface area contributed by atoms with Crippen LogP contribution in [0.15, 0.2) is 0 Å². The Bertz CT molecular complexity index is 454. The van der Waals surface area contributed by atoms with Gasteiger partial charge in [-0.2, -0.15) is 0 Å². The van der Waals surface area contributed by atoms with Crippen LogP contribution in [0, 0.1) is 5.41 Å². The summed E-state index contributed by atoms with van der Waals surface area (Å²) in [4.78, 5) is 0. The number of amidine groups is 1. The van der Waals surface area contributed by atoms with Crippen molar-refractivity contribution in [1.82, 2.24) is 4.31 Å². The third-order valence-electron chi connectivity index (χ3n) is 1.94. The van der Waals surface area contributed by atoms with Crippen LogP contribution in [0.25, 0.3) is 0 Å². The van der Waals surface area contributed by atoms with E-state index in [1.165, 1.54) is 7.05 Å². The lowest BCUT2D eigenvalue weighted by molar-refractivity contribution is 0.398. The van der Waals surface area contributed by atoms with Crippen LogP contribution in [0.2, 0.25) is 0 Å². The van der Waals surface area contributed by atoms with Crippen LogP contribution in [0.5, 0.6) is 0 Å². The molecule has 0 bridgehead atoms. The normalized spacial score (nSPS) is 15.0. The Morgan fingerprint density at radius 2 is 1.81 bits per heavy atom. The van der Waals surface area contributed by atoms with Crippen molar-refractivity contribution in [3.8, 4) is 0 Å². The van der Waals surface area contributed by atoms with E-state index in [9.17, 15) is 16.8 Å². The van der Waals surface area contributed by atoms with Crippen LogP contribution < -0.4 is 5.73 Å². The maximum absolute atomic E-state index is 11.6. The maximum atomic E-state index is 11.6. The van der Waals surface area contributed by atoms with Gasteiger partial charge in [-0.3, -0.25) is 5.41 Å². The summed E-state index contributed by atoms with van der Waals surface area (Å²) < 4.78 is 46.0. The first kappa shape index (κ1) is 15.3. The smallest absolute Gasteiger partial charge is 0.228 e. The van der Waals surface area contributed by atoms with Gasteiger partial charge in [0.2, 0.25) is 10.0 Å². The highest BCUT2D eigenvalue weighted by Gasteiger charge is 2.27. The molecule has 0 saturated carbocycles. The fourth-order valence-electron chi connectivity index (χ4n) is 1.07. The molecule has 0 aromatic heterocycles. The number of hydrogen-bond donors (Lipinski definition) is 2. The number of sulfonamides is 1. The van der Waals surface area contributed by atoms with Crippen molar-refractivity contribution in [3.63, 3.8) is 0 Å². The number of sulfone groups is 1. The van der Waals surface area contributed by atoms with Gasteiger partial charge in [-0.1, -0.05) is 0 Å². The lowest BCUT2D eigenvalue weighted by Gasteiger charge is -2.23. The van der Waals surface area contributed by atoms with E-state index in [0.717, 1.165) is 10.6 Å². The summed E-state index contributed by atoms with van der Waals surface area (Å²) in [5.74, 6) is -0.145. The molecule has 16 heavy (non-hydrogen) atoms. The first-order chi connectivity index (χ1) is 6.96. The molecule has 0 aliphatic carbocycles. The SMILES string of the molecule is CC(CC(=N)N)N(C)S(=O)(=O)CS(C)(=O)=O. The molecule has 0 radical (unpaired) electrons. The molecule has 1 atom stereocenters. The van der Waals surface area contributed by atoms with Gasteiger partial charge in [-0.05, 0) is 6.92 Å². The highest BCUT2D eigenvalue weighted by molar-refractivity contribution is 8.06. The van der Waals surface area contributed by atoms with Gasteiger partial charge in [0.05, 0.1) is 5.84 Å². The molecule has 0 aliphatic heterocycles. The Labute approximate surface area is 96.1 Å². The molecule has 0 aromatic rings. The minimum atomic E-state index is -3.87. The summed E-state index contributed by atoms with van der Waals surface area (Å²) in [5.41, 5.74) is 5.15. The summed E-state index contributed by atoms with van der Waals surface area (Å²) in [5, 5.41) is 6.11. The molecule has 0 saturated heterocycles. The Kier molecular flexibility index (Phi) is 4.89. The zero-order valence-corrected chi connectivity index (χ0v) is 11.1. The lowest BCUT2D eigenvalue weighted by atomic mass is 10.2. The van der Waals surface area contributed by atoms with E-state index in [2.05, 4.69) is 0 Å². The van der Waals surface area contributed by atoms with E-state index < -0.39 is 31.0 Å². The molecule has 3 N–H and O–H groups in total. The van der Waals surface area contributed by atoms with Gasteiger partial charge in [0, 0.05) is 25.8 Å². The van der Waals surface area contributed by atoms with Crippen LogP contribution in [0.3, 0.4) is 0 Å². The standard InChI is InChI=1S/C7H17N3O4S2/c1-6(4-7(8)9)10(2)16(13,14)5-15(3,11)12/h6H,4-5H2,1-3H3,(H3,8,9).